The third-order valence-corrected chi connectivity index (χ3v) is 4.86. The first kappa shape index (κ1) is 20.0. The first-order chi connectivity index (χ1) is 13.5. The van der Waals surface area contributed by atoms with Gasteiger partial charge in [-0.25, -0.2) is 4.68 Å². The molecular formula is C19H23ClN6O2. The lowest BCUT2D eigenvalue weighted by Crippen LogP contribution is -2.51. The van der Waals surface area contributed by atoms with Crippen molar-refractivity contribution in [2.24, 2.45) is 0 Å². The maximum Gasteiger partial charge on any atom is 0.276 e. The lowest BCUT2D eigenvalue weighted by atomic mass is 10.2. The van der Waals surface area contributed by atoms with Gasteiger partial charge in [0.2, 0.25) is 5.91 Å². The van der Waals surface area contributed by atoms with Crippen LogP contribution in [-0.2, 0) is 4.79 Å². The van der Waals surface area contributed by atoms with Crippen LogP contribution in [0.15, 0.2) is 36.9 Å². The summed E-state index contributed by atoms with van der Waals surface area (Å²) in [7, 11) is 0. The van der Waals surface area contributed by atoms with Crippen LogP contribution in [0.5, 0.6) is 0 Å². The standard InChI is InChI=1S/C19H23ClN6O2/c1-3-7-21-17(27)13-24-8-10-25(11-9-24)19(28)18-14(2)26(23-22-18)16-6-4-5-15(20)12-16/h3-6,12H,1,7-11,13H2,2H3,(H,21,27). The van der Waals surface area contributed by atoms with Gasteiger partial charge in [0.15, 0.2) is 5.69 Å². The highest BCUT2D eigenvalue weighted by Crippen LogP contribution is 2.18. The first-order valence-electron chi connectivity index (χ1n) is 9.07. The van der Waals surface area contributed by atoms with Crippen LogP contribution in [0.1, 0.15) is 16.2 Å². The van der Waals surface area contributed by atoms with E-state index in [9.17, 15) is 9.59 Å². The van der Waals surface area contributed by atoms with Gasteiger partial charge in [0.25, 0.3) is 5.91 Å². The molecule has 0 radical (unpaired) electrons. The fourth-order valence-corrected chi connectivity index (χ4v) is 3.27. The summed E-state index contributed by atoms with van der Waals surface area (Å²) in [4.78, 5) is 28.5. The van der Waals surface area contributed by atoms with Crippen molar-refractivity contribution in [1.82, 2.24) is 30.1 Å². The van der Waals surface area contributed by atoms with E-state index in [-0.39, 0.29) is 11.8 Å². The number of halogens is 1. The lowest BCUT2D eigenvalue weighted by molar-refractivity contribution is -0.122. The van der Waals surface area contributed by atoms with Gasteiger partial charge in [0, 0.05) is 37.7 Å². The van der Waals surface area contributed by atoms with E-state index in [1.54, 1.807) is 27.8 Å². The van der Waals surface area contributed by atoms with E-state index in [1.165, 1.54) is 0 Å². The van der Waals surface area contributed by atoms with Crippen LogP contribution in [0.4, 0.5) is 0 Å². The fourth-order valence-electron chi connectivity index (χ4n) is 3.08. The van der Waals surface area contributed by atoms with Gasteiger partial charge in [0.05, 0.1) is 17.9 Å². The molecular weight excluding hydrogens is 380 g/mol. The molecule has 8 nitrogen and oxygen atoms in total. The van der Waals surface area contributed by atoms with E-state index in [0.29, 0.717) is 55.7 Å². The molecule has 1 fully saturated rings. The van der Waals surface area contributed by atoms with Crippen LogP contribution in [0, 0.1) is 6.92 Å². The summed E-state index contributed by atoms with van der Waals surface area (Å²) in [5.41, 5.74) is 1.75. The number of nitrogens with one attached hydrogen (secondary N) is 1. The van der Waals surface area contributed by atoms with E-state index in [1.807, 2.05) is 24.0 Å². The minimum Gasteiger partial charge on any atom is -0.352 e. The summed E-state index contributed by atoms with van der Waals surface area (Å²) in [6.45, 7) is 8.51. The molecule has 0 spiro atoms. The Morgan fingerprint density at radius 1 is 1.29 bits per heavy atom. The maximum atomic E-state index is 12.9. The molecule has 2 amide bonds. The molecule has 148 valence electrons. The van der Waals surface area contributed by atoms with Gasteiger partial charge in [-0.15, -0.1) is 11.7 Å². The summed E-state index contributed by atoms with van der Waals surface area (Å²) in [6.07, 6.45) is 1.65. The van der Waals surface area contributed by atoms with Crippen LogP contribution >= 0.6 is 11.6 Å². The topological polar surface area (TPSA) is 83.4 Å². The predicted octanol–water partition coefficient (Wildman–Crippen LogP) is 1.29. The Kier molecular flexibility index (Phi) is 6.43. The molecule has 2 heterocycles. The highest BCUT2D eigenvalue weighted by molar-refractivity contribution is 6.30. The Balaban J connectivity index is 1.61. The van der Waals surface area contributed by atoms with Gasteiger partial charge in [0.1, 0.15) is 0 Å². The number of rotatable bonds is 6. The Labute approximate surface area is 168 Å². The van der Waals surface area contributed by atoms with Crippen molar-refractivity contribution in [2.45, 2.75) is 6.92 Å². The predicted molar refractivity (Wildman–Crippen MR) is 107 cm³/mol. The fraction of sp³-hybridized carbons (Fsp3) is 0.368. The molecule has 9 heteroatoms. The number of carbonyl (C=O) groups is 2. The monoisotopic (exact) mass is 402 g/mol. The number of amides is 2. The molecule has 0 unspecified atom stereocenters. The molecule has 0 saturated carbocycles. The van der Waals surface area contributed by atoms with Gasteiger partial charge >= 0.3 is 0 Å². The van der Waals surface area contributed by atoms with Crippen molar-refractivity contribution < 1.29 is 9.59 Å². The number of benzene rings is 1. The number of hydrogen-bond donors (Lipinski definition) is 1. The zero-order valence-electron chi connectivity index (χ0n) is 15.8. The van der Waals surface area contributed by atoms with Crippen molar-refractivity contribution in [3.8, 4) is 5.69 Å². The maximum absolute atomic E-state index is 12.9. The highest BCUT2D eigenvalue weighted by atomic mass is 35.5. The zero-order chi connectivity index (χ0) is 20.1. The van der Waals surface area contributed by atoms with Crippen molar-refractivity contribution in [1.29, 1.82) is 0 Å². The van der Waals surface area contributed by atoms with Crippen LogP contribution in [-0.4, -0.2) is 75.9 Å². The van der Waals surface area contributed by atoms with E-state index >= 15 is 0 Å². The number of aromatic nitrogens is 3. The van der Waals surface area contributed by atoms with Crippen LogP contribution in [0.3, 0.4) is 0 Å². The van der Waals surface area contributed by atoms with Crippen molar-refractivity contribution in [3.63, 3.8) is 0 Å². The number of hydrogen-bond acceptors (Lipinski definition) is 5. The van der Waals surface area contributed by atoms with E-state index in [4.69, 9.17) is 11.6 Å². The molecule has 1 N–H and O–H groups in total. The minimum atomic E-state index is -0.151. The second kappa shape index (κ2) is 8.99. The molecule has 0 bridgehead atoms. The second-order valence-electron chi connectivity index (χ2n) is 6.58. The van der Waals surface area contributed by atoms with Gasteiger partial charge in [-0.05, 0) is 25.1 Å². The number of carbonyl (C=O) groups excluding carboxylic acids is 2. The Bertz CT molecular complexity index is 873. The Morgan fingerprint density at radius 3 is 2.71 bits per heavy atom. The Morgan fingerprint density at radius 2 is 2.04 bits per heavy atom. The minimum absolute atomic E-state index is 0.0417. The molecule has 1 aromatic carbocycles. The first-order valence-corrected chi connectivity index (χ1v) is 9.45. The summed E-state index contributed by atoms with van der Waals surface area (Å²) in [6, 6.07) is 7.23. The summed E-state index contributed by atoms with van der Waals surface area (Å²) >= 11 is 6.04. The second-order valence-corrected chi connectivity index (χ2v) is 7.01. The van der Waals surface area contributed by atoms with Crippen LogP contribution < -0.4 is 5.32 Å². The number of nitrogens with zero attached hydrogens (tertiary/aromatic N) is 5. The summed E-state index contributed by atoms with van der Waals surface area (Å²) in [5, 5.41) is 11.6. The molecule has 1 aliphatic heterocycles. The normalized spacial score (nSPS) is 14.7. The molecule has 1 aromatic heterocycles. The van der Waals surface area contributed by atoms with Gasteiger partial charge in [-0.1, -0.05) is 29.0 Å². The quantitative estimate of drug-likeness (QED) is 0.736. The molecule has 3 rings (SSSR count). The summed E-state index contributed by atoms with van der Waals surface area (Å²) < 4.78 is 1.61. The van der Waals surface area contributed by atoms with E-state index in [0.717, 1.165) is 5.69 Å². The molecule has 0 aliphatic carbocycles. The van der Waals surface area contributed by atoms with Gasteiger partial charge in [-0.3, -0.25) is 14.5 Å². The van der Waals surface area contributed by atoms with Gasteiger partial charge in [-0.2, -0.15) is 0 Å². The molecule has 0 atom stereocenters. The lowest BCUT2D eigenvalue weighted by Gasteiger charge is -2.33. The average molecular weight is 403 g/mol. The Hall–Kier alpha value is -2.71. The third kappa shape index (κ3) is 4.58. The highest BCUT2D eigenvalue weighted by Gasteiger charge is 2.27. The molecule has 28 heavy (non-hydrogen) atoms. The van der Waals surface area contributed by atoms with E-state index in [2.05, 4.69) is 22.2 Å². The van der Waals surface area contributed by atoms with E-state index < -0.39 is 0 Å². The van der Waals surface area contributed by atoms with Crippen molar-refractivity contribution in [3.05, 3.63) is 53.3 Å². The molecule has 1 aliphatic rings. The summed E-state index contributed by atoms with van der Waals surface area (Å²) in [5.74, 6) is -0.193. The largest absolute Gasteiger partial charge is 0.352 e. The third-order valence-electron chi connectivity index (χ3n) is 4.62. The van der Waals surface area contributed by atoms with Crippen LogP contribution in [0.2, 0.25) is 5.02 Å². The van der Waals surface area contributed by atoms with Crippen molar-refractivity contribution >= 4 is 23.4 Å². The SMILES string of the molecule is C=CCNC(=O)CN1CCN(C(=O)c2nnn(-c3cccc(Cl)c3)c2C)CC1. The van der Waals surface area contributed by atoms with Gasteiger partial charge < -0.3 is 10.2 Å². The number of piperazine rings is 1. The van der Waals surface area contributed by atoms with Crippen LogP contribution in [0.25, 0.3) is 5.69 Å². The smallest absolute Gasteiger partial charge is 0.276 e. The molecule has 1 saturated heterocycles. The van der Waals surface area contributed by atoms with Crippen molar-refractivity contribution in [2.75, 3.05) is 39.3 Å². The zero-order valence-corrected chi connectivity index (χ0v) is 16.5. The molecule has 2 aromatic rings. The average Bonchev–Trinajstić information content (AvgIpc) is 3.08.